The zero-order valence-electron chi connectivity index (χ0n) is 11.2. The van der Waals surface area contributed by atoms with Gasteiger partial charge in [-0.15, -0.1) is 0 Å². The molecule has 1 aliphatic heterocycles. The summed E-state index contributed by atoms with van der Waals surface area (Å²) in [6.07, 6.45) is 0. The van der Waals surface area contributed by atoms with Crippen molar-refractivity contribution in [1.29, 1.82) is 0 Å². The largest absolute Gasteiger partial charge is 0.292 e. The molecule has 2 unspecified atom stereocenters. The fourth-order valence-electron chi connectivity index (χ4n) is 3.06. The van der Waals surface area contributed by atoms with Crippen molar-refractivity contribution in [2.75, 3.05) is 6.54 Å². The Morgan fingerprint density at radius 3 is 2.40 bits per heavy atom. The smallest absolute Gasteiger partial charge is 0.234 e. The van der Waals surface area contributed by atoms with Crippen LogP contribution in [0.5, 0.6) is 0 Å². The first-order valence-electron chi connectivity index (χ1n) is 6.48. The number of imide groups is 1. The summed E-state index contributed by atoms with van der Waals surface area (Å²) < 4.78 is 13.1. The normalized spacial score (nSPS) is 26.6. The molecular formula is C15H14FNO3. The molecule has 0 aromatic heterocycles. The minimum Gasteiger partial charge on any atom is -0.292 e. The van der Waals surface area contributed by atoms with E-state index in [1.54, 1.807) is 0 Å². The van der Waals surface area contributed by atoms with Crippen LogP contribution in [0.4, 0.5) is 4.39 Å². The molecule has 2 fully saturated rings. The monoisotopic (exact) mass is 275 g/mol. The average Bonchev–Trinajstić information content (AvgIpc) is 2.86. The van der Waals surface area contributed by atoms with Crippen LogP contribution in [-0.4, -0.2) is 29.0 Å². The third kappa shape index (κ3) is 1.69. The van der Waals surface area contributed by atoms with Gasteiger partial charge in [-0.2, -0.15) is 0 Å². The molecule has 0 N–H and O–H groups in total. The number of carbonyl (C=O) groups excluding carboxylic acids is 3. The van der Waals surface area contributed by atoms with Crippen molar-refractivity contribution in [3.05, 3.63) is 35.6 Å². The maximum atomic E-state index is 13.1. The summed E-state index contributed by atoms with van der Waals surface area (Å²) in [5.41, 5.74) is -0.113. The molecule has 1 aromatic carbocycles. The topological polar surface area (TPSA) is 54.5 Å². The summed E-state index contributed by atoms with van der Waals surface area (Å²) >= 11 is 0. The number of rotatable bonds is 3. The second-order valence-electron chi connectivity index (χ2n) is 5.97. The Morgan fingerprint density at radius 1 is 1.25 bits per heavy atom. The molecule has 1 saturated heterocycles. The van der Waals surface area contributed by atoms with Gasteiger partial charge in [0.15, 0.2) is 5.78 Å². The molecule has 20 heavy (non-hydrogen) atoms. The molecule has 0 spiro atoms. The van der Waals surface area contributed by atoms with E-state index in [2.05, 4.69) is 0 Å². The van der Waals surface area contributed by atoms with Crippen LogP contribution in [0.3, 0.4) is 0 Å². The van der Waals surface area contributed by atoms with Crippen LogP contribution in [0, 0.1) is 23.1 Å². The lowest BCUT2D eigenvalue weighted by Crippen LogP contribution is -2.39. The van der Waals surface area contributed by atoms with Crippen molar-refractivity contribution in [2.45, 2.75) is 13.8 Å². The van der Waals surface area contributed by atoms with Crippen molar-refractivity contribution in [3.63, 3.8) is 0 Å². The molecule has 1 saturated carbocycles. The second-order valence-corrected chi connectivity index (χ2v) is 5.97. The van der Waals surface area contributed by atoms with E-state index in [0.717, 1.165) is 11.0 Å². The Morgan fingerprint density at radius 2 is 1.85 bits per heavy atom. The van der Waals surface area contributed by atoms with Gasteiger partial charge in [0.05, 0.1) is 18.4 Å². The summed E-state index contributed by atoms with van der Waals surface area (Å²) in [5.74, 6) is -2.10. The summed E-state index contributed by atoms with van der Waals surface area (Å²) in [7, 11) is 0. The van der Waals surface area contributed by atoms with Gasteiger partial charge in [-0.1, -0.05) is 26.0 Å². The molecule has 1 aliphatic carbocycles. The Balaban J connectivity index is 1.76. The lowest BCUT2D eigenvalue weighted by atomic mass is 10.0. The molecule has 2 amide bonds. The highest BCUT2D eigenvalue weighted by Gasteiger charge is 2.72. The minimum atomic E-state index is -0.515. The highest BCUT2D eigenvalue weighted by Crippen LogP contribution is 2.63. The SMILES string of the molecule is CC1(C)C2C(=O)N(CC(=O)c3cccc(F)c3)C(=O)C21. The minimum absolute atomic E-state index is 0.172. The van der Waals surface area contributed by atoms with Crippen molar-refractivity contribution in [3.8, 4) is 0 Å². The molecular weight excluding hydrogens is 261 g/mol. The highest BCUT2D eigenvalue weighted by atomic mass is 19.1. The van der Waals surface area contributed by atoms with E-state index in [0.29, 0.717) is 0 Å². The Labute approximate surface area is 115 Å². The van der Waals surface area contributed by atoms with Gasteiger partial charge in [0, 0.05) is 5.56 Å². The number of Topliss-reactive ketones (excluding diaryl/α,β-unsaturated/α-hetero) is 1. The quantitative estimate of drug-likeness (QED) is 0.622. The first-order valence-corrected chi connectivity index (χ1v) is 6.48. The molecule has 2 aliphatic rings. The van der Waals surface area contributed by atoms with E-state index in [4.69, 9.17) is 0 Å². The Hall–Kier alpha value is -2.04. The number of benzene rings is 1. The maximum Gasteiger partial charge on any atom is 0.234 e. The third-order valence-electron chi connectivity index (χ3n) is 4.34. The van der Waals surface area contributed by atoms with E-state index in [9.17, 15) is 18.8 Å². The molecule has 5 heteroatoms. The van der Waals surface area contributed by atoms with E-state index < -0.39 is 11.6 Å². The molecule has 104 valence electrons. The van der Waals surface area contributed by atoms with Gasteiger partial charge in [-0.05, 0) is 17.5 Å². The fraction of sp³-hybridized carbons (Fsp3) is 0.400. The summed E-state index contributed by atoms with van der Waals surface area (Å²) in [4.78, 5) is 37.2. The fourth-order valence-corrected chi connectivity index (χ4v) is 3.06. The number of hydrogen-bond acceptors (Lipinski definition) is 3. The number of piperidine rings is 1. The predicted octanol–water partition coefficient (Wildman–Crippen LogP) is 1.65. The summed E-state index contributed by atoms with van der Waals surface area (Å²) in [6, 6.07) is 5.25. The first kappa shape index (κ1) is 13.0. The summed E-state index contributed by atoms with van der Waals surface area (Å²) in [6.45, 7) is 3.46. The van der Waals surface area contributed by atoms with Crippen LogP contribution in [0.15, 0.2) is 24.3 Å². The number of amides is 2. The third-order valence-corrected chi connectivity index (χ3v) is 4.34. The van der Waals surface area contributed by atoms with Gasteiger partial charge in [-0.25, -0.2) is 4.39 Å². The van der Waals surface area contributed by atoms with E-state index in [-0.39, 0.29) is 41.2 Å². The van der Waals surface area contributed by atoms with Crippen LogP contribution >= 0.6 is 0 Å². The molecule has 1 heterocycles. The lowest BCUT2D eigenvalue weighted by Gasteiger charge is -2.19. The zero-order chi connectivity index (χ0) is 14.7. The number of likely N-dealkylation sites (tertiary alicyclic amines) is 1. The van der Waals surface area contributed by atoms with Crippen molar-refractivity contribution < 1.29 is 18.8 Å². The van der Waals surface area contributed by atoms with E-state index in [1.807, 2.05) is 13.8 Å². The predicted molar refractivity (Wildman–Crippen MR) is 68.2 cm³/mol. The summed E-state index contributed by atoms with van der Waals surface area (Å²) in [5, 5.41) is 0. The van der Waals surface area contributed by atoms with Crippen LogP contribution in [0.2, 0.25) is 0 Å². The van der Waals surface area contributed by atoms with Gasteiger partial charge in [0.2, 0.25) is 11.8 Å². The maximum absolute atomic E-state index is 13.1. The van der Waals surface area contributed by atoms with Gasteiger partial charge < -0.3 is 0 Å². The van der Waals surface area contributed by atoms with Crippen LogP contribution in [0.1, 0.15) is 24.2 Å². The van der Waals surface area contributed by atoms with Crippen molar-refractivity contribution in [2.24, 2.45) is 17.3 Å². The second kappa shape index (κ2) is 3.98. The number of halogens is 1. The van der Waals surface area contributed by atoms with Crippen LogP contribution in [0.25, 0.3) is 0 Å². The first-order chi connectivity index (χ1) is 9.34. The standard InChI is InChI=1S/C15H14FNO3/c1-15(2)11-12(15)14(20)17(13(11)19)7-10(18)8-4-3-5-9(16)6-8/h3-6,11-12H,7H2,1-2H3. The Bertz CT molecular complexity index is 614. The van der Waals surface area contributed by atoms with Gasteiger partial charge >= 0.3 is 0 Å². The average molecular weight is 275 g/mol. The Kier molecular flexibility index (Phi) is 2.58. The molecule has 1 aromatic rings. The lowest BCUT2D eigenvalue weighted by molar-refractivity contribution is -0.142. The number of nitrogens with zero attached hydrogens (tertiary/aromatic N) is 1. The van der Waals surface area contributed by atoms with Crippen molar-refractivity contribution >= 4 is 17.6 Å². The molecule has 2 atom stereocenters. The van der Waals surface area contributed by atoms with E-state index >= 15 is 0 Å². The number of ketones is 1. The number of hydrogen-bond donors (Lipinski definition) is 0. The highest BCUT2D eigenvalue weighted by molar-refractivity contribution is 6.13. The van der Waals surface area contributed by atoms with E-state index in [1.165, 1.54) is 18.2 Å². The molecule has 4 nitrogen and oxygen atoms in total. The van der Waals surface area contributed by atoms with Gasteiger partial charge in [0.25, 0.3) is 0 Å². The van der Waals surface area contributed by atoms with Gasteiger partial charge in [0.1, 0.15) is 5.82 Å². The molecule has 3 rings (SSSR count). The number of carbonyl (C=O) groups is 3. The van der Waals surface area contributed by atoms with Crippen LogP contribution in [-0.2, 0) is 9.59 Å². The molecule has 0 radical (unpaired) electrons. The zero-order valence-corrected chi connectivity index (χ0v) is 11.2. The van der Waals surface area contributed by atoms with Crippen LogP contribution < -0.4 is 0 Å². The molecule has 0 bridgehead atoms. The number of fused-ring (bicyclic) bond motifs is 1. The van der Waals surface area contributed by atoms with Crippen molar-refractivity contribution in [1.82, 2.24) is 4.90 Å². The van der Waals surface area contributed by atoms with Gasteiger partial charge in [-0.3, -0.25) is 19.3 Å².